The van der Waals surface area contributed by atoms with Gasteiger partial charge in [0.05, 0.1) is 19.6 Å². The van der Waals surface area contributed by atoms with E-state index in [0.29, 0.717) is 38.6 Å². The molecular formula is C7H12ClNO2. The van der Waals surface area contributed by atoms with Crippen LogP contribution in [0, 0.1) is 0 Å². The lowest BCUT2D eigenvalue weighted by molar-refractivity contribution is -0.130. The van der Waals surface area contributed by atoms with Gasteiger partial charge in [-0.25, -0.2) is 0 Å². The average molecular weight is 178 g/mol. The van der Waals surface area contributed by atoms with Crippen molar-refractivity contribution in [1.82, 2.24) is 4.90 Å². The van der Waals surface area contributed by atoms with Gasteiger partial charge in [-0.05, 0) is 0 Å². The summed E-state index contributed by atoms with van der Waals surface area (Å²) in [6, 6.07) is 0. The van der Waals surface area contributed by atoms with Crippen molar-refractivity contribution < 1.29 is 9.53 Å². The van der Waals surface area contributed by atoms with E-state index in [1.807, 2.05) is 0 Å². The van der Waals surface area contributed by atoms with Gasteiger partial charge in [0.1, 0.15) is 0 Å². The van der Waals surface area contributed by atoms with Gasteiger partial charge in [0.2, 0.25) is 5.91 Å². The van der Waals surface area contributed by atoms with Crippen molar-refractivity contribution in [2.24, 2.45) is 0 Å². The quantitative estimate of drug-likeness (QED) is 0.574. The van der Waals surface area contributed by atoms with Crippen LogP contribution in [0.1, 0.15) is 6.42 Å². The first-order valence-electron chi connectivity index (χ1n) is 3.76. The molecule has 1 fully saturated rings. The maximum atomic E-state index is 11.2. The molecule has 11 heavy (non-hydrogen) atoms. The Morgan fingerprint density at radius 3 is 3.09 bits per heavy atom. The number of carbonyl (C=O) groups excluding carboxylic acids is 1. The van der Waals surface area contributed by atoms with Gasteiger partial charge in [-0.2, -0.15) is 0 Å². The van der Waals surface area contributed by atoms with Crippen LogP contribution in [-0.4, -0.2) is 43.0 Å². The van der Waals surface area contributed by atoms with Crippen molar-refractivity contribution in [3.05, 3.63) is 0 Å². The monoisotopic (exact) mass is 177 g/mol. The number of halogens is 1. The molecule has 0 aromatic carbocycles. The Labute approximate surface area is 71.3 Å². The maximum absolute atomic E-state index is 11.2. The number of ether oxygens (including phenoxy) is 1. The summed E-state index contributed by atoms with van der Waals surface area (Å²) in [6.07, 6.45) is 0.497. The van der Waals surface area contributed by atoms with Crippen molar-refractivity contribution in [3.8, 4) is 0 Å². The summed E-state index contributed by atoms with van der Waals surface area (Å²) in [7, 11) is 0. The summed E-state index contributed by atoms with van der Waals surface area (Å²) in [6.45, 7) is 2.52. The molecule has 0 aliphatic carbocycles. The molecule has 64 valence electrons. The molecule has 1 aliphatic heterocycles. The minimum absolute atomic E-state index is 0.156. The highest BCUT2D eigenvalue weighted by molar-refractivity contribution is 6.18. The Kier molecular flexibility index (Phi) is 3.66. The fourth-order valence-corrected chi connectivity index (χ4v) is 1.26. The van der Waals surface area contributed by atoms with E-state index in [9.17, 15) is 4.79 Å². The molecule has 0 aromatic rings. The number of hydrogen-bond acceptors (Lipinski definition) is 2. The molecule has 1 aliphatic rings. The van der Waals surface area contributed by atoms with Gasteiger partial charge in [0.15, 0.2) is 0 Å². The van der Waals surface area contributed by atoms with E-state index < -0.39 is 0 Å². The van der Waals surface area contributed by atoms with E-state index in [1.54, 1.807) is 4.90 Å². The zero-order valence-electron chi connectivity index (χ0n) is 6.38. The van der Waals surface area contributed by atoms with Crippen LogP contribution in [0.15, 0.2) is 0 Å². The molecule has 0 N–H and O–H groups in total. The molecule has 0 unspecified atom stereocenters. The fraction of sp³-hybridized carbons (Fsp3) is 0.857. The molecule has 1 amide bonds. The zero-order chi connectivity index (χ0) is 8.10. The molecule has 0 atom stereocenters. The van der Waals surface area contributed by atoms with E-state index >= 15 is 0 Å². The predicted octanol–water partition coefficient (Wildman–Crippen LogP) is 0.474. The second kappa shape index (κ2) is 4.57. The van der Waals surface area contributed by atoms with E-state index in [-0.39, 0.29) is 5.91 Å². The number of rotatable bonds is 2. The molecule has 3 nitrogen and oxygen atoms in total. The van der Waals surface area contributed by atoms with Gasteiger partial charge < -0.3 is 9.64 Å². The lowest BCUT2D eigenvalue weighted by Gasteiger charge is -2.17. The van der Waals surface area contributed by atoms with Crippen molar-refractivity contribution in [1.29, 1.82) is 0 Å². The first-order valence-corrected chi connectivity index (χ1v) is 4.29. The SMILES string of the molecule is O=C1CCOCCN1CCCl. The van der Waals surface area contributed by atoms with Gasteiger partial charge in [0, 0.05) is 19.0 Å². The molecule has 0 spiro atoms. The van der Waals surface area contributed by atoms with Crippen LogP contribution in [0.5, 0.6) is 0 Å². The van der Waals surface area contributed by atoms with E-state index in [4.69, 9.17) is 16.3 Å². The number of hydrogen-bond donors (Lipinski definition) is 0. The van der Waals surface area contributed by atoms with Gasteiger partial charge in [0.25, 0.3) is 0 Å². The van der Waals surface area contributed by atoms with E-state index in [0.717, 1.165) is 0 Å². The highest BCUT2D eigenvalue weighted by Crippen LogP contribution is 2.00. The van der Waals surface area contributed by atoms with Crippen molar-refractivity contribution in [2.75, 3.05) is 32.2 Å². The smallest absolute Gasteiger partial charge is 0.225 e. The summed E-state index contributed by atoms with van der Waals surface area (Å²) in [5.74, 6) is 0.661. The zero-order valence-corrected chi connectivity index (χ0v) is 7.14. The summed E-state index contributed by atoms with van der Waals surface area (Å²) in [5.41, 5.74) is 0. The van der Waals surface area contributed by atoms with E-state index in [2.05, 4.69) is 0 Å². The molecule has 0 aromatic heterocycles. The molecule has 4 heteroatoms. The van der Waals surface area contributed by atoms with Crippen LogP contribution in [0.2, 0.25) is 0 Å². The Morgan fingerprint density at radius 2 is 2.36 bits per heavy atom. The fourth-order valence-electron chi connectivity index (χ4n) is 1.06. The third-order valence-electron chi connectivity index (χ3n) is 1.67. The molecular weight excluding hydrogens is 166 g/mol. The average Bonchev–Trinajstić information content (AvgIpc) is 2.18. The van der Waals surface area contributed by atoms with Gasteiger partial charge in [-0.1, -0.05) is 0 Å². The van der Waals surface area contributed by atoms with Gasteiger partial charge in [-0.3, -0.25) is 4.79 Å². The van der Waals surface area contributed by atoms with Crippen LogP contribution >= 0.6 is 11.6 Å². The molecule has 0 saturated carbocycles. The minimum Gasteiger partial charge on any atom is -0.379 e. The first-order chi connectivity index (χ1) is 5.34. The third kappa shape index (κ3) is 2.67. The molecule has 0 bridgehead atoms. The second-order valence-corrected chi connectivity index (χ2v) is 2.81. The Morgan fingerprint density at radius 1 is 1.55 bits per heavy atom. The second-order valence-electron chi connectivity index (χ2n) is 2.43. The minimum atomic E-state index is 0.156. The molecule has 1 heterocycles. The Hall–Kier alpha value is -0.280. The van der Waals surface area contributed by atoms with Gasteiger partial charge in [-0.15, -0.1) is 11.6 Å². The molecule has 0 radical (unpaired) electrons. The largest absolute Gasteiger partial charge is 0.379 e. The van der Waals surface area contributed by atoms with Crippen LogP contribution in [0.3, 0.4) is 0 Å². The van der Waals surface area contributed by atoms with Crippen molar-refractivity contribution in [2.45, 2.75) is 6.42 Å². The molecule has 1 saturated heterocycles. The lowest BCUT2D eigenvalue weighted by atomic mass is 10.4. The predicted molar refractivity (Wildman–Crippen MR) is 42.7 cm³/mol. The highest BCUT2D eigenvalue weighted by Gasteiger charge is 2.15. The lowest BCUT2D eigenvalue weighted by Crippen LogP contribution is -2.33. The van der Waals surface area contributed by atoms with Crippen LogP contribution in [0.25, 0.3) is 0 Å². The standard InChI is InChI=1S/C7H12ClNO2/c8-2-3-9-4-6-11-5-1-7(9)10/h1-6H2. The summed E-state index contributed by atoms with van der Waals surface area (Å²) < 4.78 is 5.14. The molecule has 1 rings (SSSR count). The number of alkyl halides is 1. The van der Waals surface area contributed by atoms with Crippen LogP contribution in [-0.2, 0) is 9.53 Å². The maximum Gasteiger partial charge on any atom is 0.225 e. The summed E-state index contributed by atoms with van der Waals surface area (Å²) in [4.78, 5) is 12.9. The number of carbonyl (C=O) groups is 1. The number of nitrogens with zero attached hydrogens (tertiary/aromatic N) is 1. The van der Waals surface area contributed by atoms with Gasteiger partial charge >= 0.3 is 0 Å². The van der Waals surface area contributed by atoms with E-state index in [1.165, 1.54) is 0 Å². The first kappa shape index (κ1) is 8.81. The van der Waals surface area contributed by atoms with Crippen LogP contribution in [0.4, 0.5) is 0 Å². The summed E-state index contributed by atoms with van der Waals surface area (Å²) in [5, 5.41) is 0. The number of amides is 1. The Balaban J connectivity index is 2.39. The van der Waals surface area contributed by atoms with Crippen LogP contribution < -0.4 is 0 Å². The highest BCUT2D eigenvalue weighted by atomic mass is 35.5. The third-order valence-corrected chi connectivity index (χ3v) is 1.84. The topological polar surface area (TPSA) is 29.5 Å². The van der Waals surface area contributed by atoms with Crippen molar-refractivity contribution in [3.63, 3.8) is 0 Å². The Bertz CT molecular complexity index is 140. The summed E-state index contributed by atoms with van der Waals surface area (Å²) >= 11 is 5.52. The normalized spacial score (nSPS) is 20.1. The van der Waals surface area contributed by atoms with Crippen molar-refractivity contribution >= 4 is 17.5 Å².